The number of nitrogens with two attached hydrogens (primary N) is 1. The first-order valence-electron chi connectivity index (χ1n) is 6.92. The molecule has 1 aliphatic rings. The van der Waals surface area contributed by atoms with Gasteiger partial charge in [0.1, 0.15) is 5.82 Å². The molecular formula is C15H19FN2O2S. The van der Waals surface area contributed by atoms with Crippen LogP contribution in [-0.4, -0.2) is 21.5 Å². The van der Waals surface area contributed by atoms with Crippen molar-refractivity contribution in [2.24, 2.45) is 17.6 Å². The third kappa shape index (κ3) is 4.27. The van der Waals surface area contributed by atoms with Crippen LogP contribution in [0.1, 0.15) is 25.3 Å². The van der Waals surface area contributed by atoms with Gasteiger partial charge in [-0.15, -0.1) is 0 Å². The first-order valence-corrected chi connectivity index (χ1v) is 8.40. The van der Waals surface area contributed by atoms with Crippen molar-refractivity contribution in [3.05, 3.63) is 29.6 Å². The fourth-order valence-corrected chi connectivity index (χ4v) is 3.42. The Kier molecular flexibility index (Phi) is 4.99. The number of hydrogen-bond acceptors (Lipinski definition) is 3. The molecule has 1 aliphatic carbocycles. The third-order valence-electron chi connectivity index (χ3n) is 3.58. The minimum atomic E-state index is -3.70. The summed E-state index contributed by atoms with van der Waals surface area (Å²) in [4.78, 5) is -0.00662. The molecule has 1 aromatic rings. The Bertz CT molecular complexity index is 673. The molecule has 1 aromatic carbocycles. The summed E-state index contributed by atoms with van der Waals surface area (Å²) in [6.45, 7) is 2.50. The lowest BCUT2D eigenvalue weighted by molar-refractivity contribution is 0.491. The van der Waals surface area contributed by atoms with E-state index < -0.39 is 15.8 Å². The lowest BCUT2D eigenvalue weighted by Crippen LogP contribution is -2.29. The largest absolute Gasteiger partial charge is 0.320 e. The van der Waals surface area contributed by atoms with Gasteiger partial charge in [0, 0.05) is 12.1 Å². The van der Waals surface area contributed by atoms with Crippen molar-refractivity contribution in [2.75, 3.05) is 13.1 Å². The van der Waals surface area contributed by atoms with Crippen molar-refractivity contribution < 1.29 is 12.8 Å². The summed E-state index contributed by atoms with van der Waals surface area (Å²) in [7, 11) is -3.70. The van der Waals surface area contributed by atoms with Gasteiger partial charge in [-0.25, -0.2) is 17.5 Å². The molecule has 21 heavy (non-hydrogen) atoms. The zero-order valence-electron chi connectivity index (χ0n) is 11.9. The van der Waals surface area contributed by atoms with Crippen molar-refractivity contribution in [3.63, 3.8) is 0 Å². The van der Waals surface area contributed by atoms with Crippen molar-refractivity contribution >= 4 is 10.0 Å². The van der Waals surface area contributed by atoms with Crippen molar-refractivity contribution in [1.29, 1.82) is 0 Å². The number of halogens is 1. The van der Waals surface area contributed by atoms with Crippen LogP contribution in [-0.2, 0) is 10.0 Å². The second-order valence-electron chi connectivity index (χ2n) is 5.31. The summed E-state index contributed by atoms with van der Waals surface area (Å²) < 4.78 is 40.5. The minimum absolute atomic E-state index is 0.00662. The van der Waals surface area contributed by atoms with Gasteiger partial charge in [0.2, 0.25) is 10.0 Å². The number of benzene rings is 1. The van der Waals surface area contributed by atoms with Gasteiger partial charge in [0.15, 0.2) is 0 Å². The molecular weight excluding hydrogens is 291 g/mol. The normalized spacial score (nSPS) is 16.1. The van der Waals surface area contributed by atoms with Crippen LogP contribution in [0.2, 0.25) is 0 Å². The van der Waals surface area contributed by atoms with Crippen LogP contribution in [0.15, 0.2) is 23.1 Å². The maximum atomic E-state index is 13.3. The number of sulfonamides is 1. The van der Waals surface area contributed by atoms with Crippen LogP contribution in [0.25, 0.3) is 0 Å². The zero-order valence-corrected chi connectivity index (χ0v) is 12.7. The highest BCUT2D eigenvalue weighted by Crippen LogP contribution is 2.36. The van der Waals surface area contributed by atoms with Gasteiger partial charge in [-0.2, -0.15) is 0 Å². The smallest absolute Gasteiger partial charge is 0.241 e. The lowest BCUT2D eigenvalue weighted by atomic mass is 10.1. The van der Waals surface area contributed by atoms with Gasteiger partial charge in [-0.3, -0.25) is 0 Å². The molecule has 0 radical (unpaired) electrons. The number of rotatable bonds is 5. The van der Waals surface area contributed by atoms with E-state index in [0.29, 0.717) is 18.4 Å². The summed E-state index contributed by atoms with van der Waals surface area (Å²) in [5.74, 6) is 5.55. The van der Waals surface area contributed by atoms with E-state index in [9.17, 15) is 12.8 Å². The van der Waals surface area contributed by atoms with E-state index in [2.05, 4.69) is 16.6 Å². The van der Waals surface area contributed by atoms with Crippen LogP contribution < -0.4 is 10.5 Å². The fraction of sp³-hybridized carbons (Fsp3) is 0.467. The highest BCUT2D eigenvalue weighted by atomic mass is 32.2. The van der Waals surface area contributed by atoms with E-state index in [4.69, 9.17) is 5.73 Å². The Labute approximate surface area is 125 Å². The third-order valence-corrected chi connectivity index (χ3v) is 5.06. The molecule has 0 saturated heterocycles. The van der Waals surface area contributed by atoms with Gasteiger partial charge in [0.05, 0.1) is 11.4 Å². The van der Waals surface area contributed by atoms with Crippen LogP contribution in [0.4, 0.5) is 4.39 Å². The molecule has 1 atom stereocenters. The van der Waals surface area contributed by atoms with E-state index in [1.165, 1.54) is 6.07 Å². The summed E-state index contributed by atoms with van der Waals surface area (Å²) in [5.41, 5.74) is 5.41. The van der Waals surface area contributed by atoms with Crippen molar-refractivity contribution in [3.8, 4) is 11.8 Å². The van der Waals surface area contributed by atoms with Crippen LogP contribution in [0, 0.1) is 29.5 Å². The highest BCUT2D eigenvalue weighted by molar-refractivity contribution is 7.89. The van der Waals surface area contributed by atoms with Gasteiger partial charge in [-0.05, 0) is 42.9 Å². The molecule has 2 rings (SSSR count). The Morgan fingerprint density at radius 3 is 2.81 bits per heavy atom. The topological polar surface area (TPSA) is 72.2 Å². The molecule has 0 heterocycles. The summed E-state index contributed by atoms with van der Waals surface area (Å²) in [5, 5.41) is 0. The summed E-state index contributed by atoms with van der Waals surface area (Å²) in [6.07, 6.45) is 2.32. The van der Waals surface area contributed by atoms with Gasteiger partial charge < -0.3 is 5.73 Å². The molecule has 1 unspecified atom stereocenters. The van der Waals surface area contributed by atoms with E-state index in [1.807, 2.05) is 6.92 Å². The molecule has 3 N–H and O–H groups in total. The van der Waals surface area contributed by atoms with E-state index in [1.54, 1.807) is 0 Å². The molecule has 0 bridgehead atoms. The minimum Gasteiger partial charge on any atom is -0.320 e. The Morgan fingerprint density at radius 1 is 1.48 bits per heavy atom. The van der Waals surface area contributed by atoms with Crippen molar-refractivity contribution in [2.45, 2.75) is 24.7 Å². The number of nitrogens with one attached hydrogen (secondary N) is 1. The molecule has 4 nitrogen and oxygen atoms in total. The Morgan fingerprint density at radius 2 is 2.19 bits per heavy atom. The molecule has 0 spiro atoms. The molecule has 114 valence electrons. The van der Waals surface area contributed by atoms with Crippen LogP contribution in [0.5, 0.6) is 0 Å². The van der Waals surface area contributed by atoms with Crippen LogP contribution in [0.3, 0.4) is 0 Å². The second kappa shape index (κ2) is 6.56. The lowest BCUT2D eigenvalue weighted by Gasteiger charge is -2.13. The quantitative estimate of drug-likeness (QED) is 0.809. The van der Waals surface area contributed by atoms with Gasteiger partial charge in [0.25, 0.3) is 0 Å². The molecule has 0 amide bonds. The maximum Gasteiger partial charge on any atom is 0.241 e. The van der Waals surface area contributed by atoms with E-state index >= 15 is 0 Å². The first-order chi connectivity index (χ1) is 9.94. The standard InChI is InChI=1S/C15H19FN2O2S/c1-11(12-4-5-12)10-18-21(19,20)15-7-6-14(16)9-13(15)3-2-8-17/h6-7,9,11-12,18H,4-5,8,10,17H2,1H3. The Balaban J connectivity index is 2.21. The average Bonchev–Trinajstić information content (AvgIpc) is 3.27. The fourth-order valence-electron chi connectivity index (χ4n) is 2.13. The SMILES string of the molecule is CC(CNS(=O)(=O)c1ccc(F)cc1C#CCN)C1CC1. The summed E-state index contributed by atoms with van der Waals surface area (Å²) in [6, 6.07) is 3.47. The second-order valence-corrected chi connectivity index (χ2v) is 7.05. The predicted octanol–water partition coefficient (Wildman–Crippen LogP) is 1.46. The molecule has 0 aromatic heterocycles. The monoisotopic (exact) mass is 310 g/mol. The van der Waals surface area contributed by atoms with E-state index in [0.717, 1.165) is 25.0 Å². The predicted molar refractivity (Wildman–Crippen MR) is 79.4 cm³/mol. The number of hydrogen-bond donors (Lipinski definition) is 2. The summed E-state index contributed by atoms with van der Waals surface area (Å²) >= 11 is 0. The molecule has 1 saturated carbocycles. The highest BCUT2D eigenvalue weighted by Gasteiger charge is 2.29. The molecule has 6 heteroatoms. The Hall–Kier alpha value is -1.42. The van der Waals surface area contributed by atoms with Crippen molar-refractivity contribution in [1.82, 2.24) is 4.72 Å². The molecule has 0 aliphatic heterocycles. The van der Waals surface area contributed by atoms with Gasteiger partial charge in [-0.1, -0.05) is 18.8 Å². The van der Waals surface area contributed by atoms with E-state index in [-0.39, 0.29) is 17.0 Å². The van der Waals surface area contributed by atoms with Gasteiger partial charge >= 0.3 is 0 Å². The first kappa shape index (κ1) is 16.0. The zero-order chi connectivity index (χ0) is 15.5. The van der Waals surface area contributed by atoms with Crippen LogP contribution >= 0.6 is 0 Å². The maximum absolute atomic E-state index is 13.3. The average molecular weight is 310 g/mol. The molecule has 1 fully saturated rings.